The fraction of sp³-hybridized carbons (Fsp3) is 0.273. The van der Waals surface area contributed by atoms with Crippen LogP contribution in [0.2, 0.25) is 0 Å². The van der Waals surface area contributed by atoms with E-state index in [0.717, 1.165) is 5.76 Å². The van der Waals surface area contributed by atoms with E-state index in [1.807, 2.05) is 12.1 Å². The van der Waals surface area contributed by atoms with Crippen molar-refractivity contribution in [2.75, 3.05) is 7.05 Å². The average Bonchev–Trinajstić information content (AvgIpc) is 3.00. The molecule has 7 heteroatoms. The highest BCUT2D eigenvalue weighted by molar-refractivity contribution is 7.89. The van der Waals surface area contributed by atoms with E-state index in [1.165, 1.54) is 13.1 Å². The van der Waals surface area contributed by atoms with Gasteiger partial charge in [-0.3, -0.25) is 0 Å². The monoisotopic (exact) mass is 270 g/mol. The second-order valence-electron chi connectivity index (χ2n) is 3.61. The van der Waals surface area contributed by atoms with E-state index in [0.29, 0.717) is 18.8 Å². The Bertz CT molecular complexity index is 586. The van der Waals surface area contributed by atoms with Crippen LogP contribution in [0.15, 0.2) is 44.5 Å². The molecule has 0 radical (unpaired) electrons. The highest BCUT2D eigenvalue weighted by atomic mass is 32.2. The van der Waals surface area contributed by atoms with Crippen LogP contribution in [0, 0.1) is 0 Å². The second-order valence-corrected chi connectivity index (χ2v) is 5.43. The van der Waals surface area contributed by atoms with Crippen molar-refractivity contribution in [3.8, 4) is 0 Å². The maximum atomic E-state index is 11.4. The number of nitrogens with one attached hydrogen (secondary N) is 2. The molecule has 0 aliphatic rings. The van der Waals surface area contributed by atoms with Crippen molar-refractivity contribution >= 4 is 10.0 Å². The summed E-state index contributed by atoms with van der Waals surface area (Å²) < 4.78 is 35.4. The lowest BCUT2D eigenvalue weighted by atomic mass is 10.4. The first-order valence-electron chi connectivity index (χ1n) is 5.37. The fourth-order valence-electron chi connectivity index (χ4n) is 1.42. The Hall–Kier alpha value is -1.57. The molecule has 2 aromatic heterocycles. The molecule has 0 bridgehead atoms. The van der Waals surface area contributed by atoms with Crippen molar-refractivity contribution in [3.63, 3.8) is 0 Å². The molecule has 18 heavy (non-hydrogen) atoms. The first-order valence-corrected chi connectivity index (χ1v) is 6.85. The van der Waals surface area contributed by atoms with Crippen molar-refractivity contribution in [2.45, 2.75) is 18.2 Å². The maximum Gasteiger partial charge on any atom is 0.273 e. The van der Waals surface area contributed by atoms with Gasteiger partial charge in [0.1, 0.15) is 11.5 Å². The van der Waals surface area contributed by atoms with Gasteiger partial charge in [0.25, 0.3) is 10.0 Å². The van der Waals surface area contributed by atoms with Crippen molar-refractivity contribution in [1.29, 1.82) is 0 Å². The second kappa shape index (κ2) is 5.38. The van der Waals surface area contributed by atoms with Crippen LogP contribution in [-0.4, -0.2) is 15.5 Å². The van der Waals surface area contributed by atoms with Crippen molar-refractivity contribution in [3.05, 3.63) is 42.0 Å². The van der Waals surface area contributed by atoms with Crippen LogP contribution in [0.25, 0.3) is 0 Å². The molecule has 6 nitrogen and oxygen atoms in total. The third kappa shape index (κ3) is 3.00. The van der Waals surface area contributed by atoms with Crippen LogP contribution in [-0.2, 0) is 23.1 Å². The Labute approximate surface area is 105 Å². The molecular formula is C11H14N2O4S. The summed E-state index contributed by atoms with van der Waals surface area (Å²) in [7, 11) is -2.17. The van der Waals surface area contributed by atoms with E-state index >= 15 is 0 Å². The first-order chi connectivity index (χ1) is 8.62. The molecule has 2 rings (SSSR count). The third-order valence-corrected chi connectivity index (χ3v) is 3.64. The summed E-state index contributed by atoms with van der Waals surface area (Å²) in [6.07, 6.45) is 1.60. The topological polar surface area (TPSA) is 84.5 Å². The average molecular weight is 270 g/mol. The maximum absolute atomic E-state index is 11.4. The van der Waals surface area contributed by atoms with Crippen LogP contribution in [0.5, 0.6) is 0 Å². The smallest absolute Gasteiger partial charge is 0.273 e. The highest BCUT2D eigenvalue weighted by Crippen LogP contribution is 2.13. The van der Waals surface area contributed by atoms with Gasteiger partial charge >= 0.3 is 0 Å². The Kier molecular flexibility index (Phi) is 3.85. The molecular weight excluding hydrogens is 256 g/mol. The zero-order chi connectivity index (χ0) is 13.0. The molecule has 0 unspecified atom stereocenters. The minimum absolute atomic E-state index is 0.0835. The van der Waals surface area contributed by atoms with Crippen LogP contribution in [0.4, 0.5) is 0 Å². The number of hydrogen-bond donors (Lipinski definition) is 2. The van der Waals surface area contributed by atoms with Gasteiger partial charge in [0.15, 0.2) is 0 Å². The van der Waals surface area contributed by atoms with Gasteiger partial charge in [-0.05, 0) is 31.3 Å². The molecule has 2 N–H and O–H groups in total. The summed E-state index contributed by atoms with van der Waals surface area (Å²) >= 11 is 0. The van der Waals surface area contributed by atoms with Gasteiger partial charge in [0.2, 0.25) is 5.09 Å². The Morgan fingerprint density at radius 3 is 2.61 bits per heavy atom. The SMILES string of the molecule is CNS(=O)(=O)c1ccc(CNCc2ccco2)o1. The number of furan rings is 2. The predicted octanol–water partition coefficient (Wildman–Crippen LogP) is 1.07. The highest BCUT2D eigenvalue weighted by Gasteiger charge is 2.15. The molecule has 0 amide bonds. The van der Waals surface area contributed by atoms with Crippen LogP contribution in [0.1, 0.15) is 11.5 Å². The van der Waals surface area contributed by atoms with Crippen LogP contribution >= 0.6 is 0 Å². The molecule has 0 saturated carbocycles. The van der Waals surface area contributed by atoms with E-state index in [4.69, 9.17) is 8.83 Å². The summed E-state index contributed by atoms with van der Waals surface area (Å²) in [5.41, 5.74) is 0. The predicted molar refractivity (Wildman–Crippen MR) is 64.2 cm³/mol. The molecule has 98 valence electrons. The van der Waals surface area contributed by atoms with Gasteiger partial charge in [0.05, 0.1) is 19.4 Å². The zero-order valence-electron chi connectivity index (χ0n) is 9.84. The Balaban J connectivity index is 1.91. The Morgan fingerprint density at radius 1 is 1.17 bits per heavy atom. The third-order valence-electron chi connectivity index (χ3n) is 2.35. The van der Waals surface area contributed by atoms with E-state index in [-0.39, 0.29) is 5.09 Å². The van der Waals surface area contributed by atoms with Crippen molar-refractivity contribution in [1.82, 2.24) is 10.0 Å². The number of sulfonamides is 1. The van der Waals surface area contributed by atoms with Gasteiger partial charge in [-0.15, -0.1) is 0 Å². The summed E-state index contributed by atoms with van der Waals surface area (Å²) in [6, 6.07) is 6.71. The normalized spacial score (nSPS) is 11.8. The lowest BCUT2D eigenvalue weighted by Crippen LogP contribution is -2.17. The molecule has 0 aliphatic carbocycles. The lowest BCUT2D eigenvalue weighted by Gasteiger charge is -2.00. The van der Waals surface area contributed by atoms with E-state index in [1.54, 1.807) is 12.3 Å². The number of hydrogen-bond acceptors (Lipinski definition) is 5. The molecule has 0 atom stereocenters. The van der Waals surface area contributed by atoms with Crippen LogP contribution < -0.4 is 10.0 Å². The largest absolute Gasteiger partial charge is 0.468 e. The van der Waals surface area contributed by atoms with E-state index < -0.39 is 10.0 Å². The van der Waals surface area contributed by atoms with Gasteiger partial charge < -0.3 is 14.2 Å². The summed E-state index contributed by atoms with van der Waals surface area (Å²) in [4.78, 5) is 0. The van der Waals surface area contributed by atoms with E-state index in [9.17, 15) is 8.42 Å². The quantitative estimate of drug-likeness (QED) is 0.820. The molecule has 0 fully saturated rings. The summed E-state index contributed by atoms with van der Waals surface area (Å²) in [5.74, 6) is 1.36. The molecule has 0 aromatic carbocycles. The summed E-state index contributed by atoms with van der Waals surface area (Å²) in [6.45, 7) is 0.988. The van der Waals surface area contributed by atoms with Crippen LogP contribution in [0.3, 0.4) is 0 Å². The van der Waals surface area contributed by atoms with Gasteiger partial charge in [-0.1, -0.05) is 0 Å². The summed E-state index contributed by atoms with van der Waals surface area (Å²) in [5, 5.41) is 3.00. The molecule has 0 saturated heterocycles. The molecule has 0 spiro atoms. The number of rotatable bonds is 6. The van der Waals surface area contributed by atoms with Crippen molar-refractivity contribution in [2.24, 2.45) is 0 Å². The van der Waals surface area contributed by atoms with E-state index in [2.05, 4.69) is 10.0 Å². The standard InChI is InChI=1S/C11H14N2O4S/c1-12-18(14,15)11-5-4-10(17-11)8-13-7-9-3-2-6-16-9/h2-6,12-13H,7-8H2,1H3. The van der Waals surface area contributed by atoms with Gasteiger partial charge in [0, 0.05) is 0 Å². The van der Waals surface area contributed by atoms with Crippen molar-refractivity contribution < 1.29 is 17.3 Å². The zero-order valence-corrected chi connectivity index (χ0v) is 10.7. The lowest BCUT2D eigenvalue weighted by molar-refractivity contribution is 0.394. The first kappa shape index (κ1) is 12.9. The minimum Gasteiger partial charge on any atom is -0.468 e. The van der Waals surface area contributed by atoms with Gasteiger partial charge in [-0.25, -0.2) is 13.1 Å². The molecule has 0 aliphatic heterocycles. The van der Waals surface area contributed by atoms with Gasteiger partial charge in [-0.2, -0.15) is 0 Å². The fourth-order valence-corrected chi connectivity index (χ4v) is 2.09. The Morgan fingerprint density at radius 2 is 1.94 bits per heavy atom. The minimum atomic E-state index is -3.51. The molecule has 2 aromatic rings. The molecule has 2 heterocycles.